The number of ether oxygens (including phenoxy) is 2. The monoisotopic (exact) mass is 346 g/mol. The third-order valence-corrected chi connectivity index (χ3v) is 4.78. The Morgan fingerprint density at radius 2 is 1.62 bits per heavy atom. The van der Waals surface area contributed by atoms with E-state index in [0.29, 0.717) is 22.8 Å². The fourth-order valence-corrected chi connectivity index (χ4v) is 3.78. The lowest BCUT2D eigenvalue weighted by Gasteiger charge is -2.26. The van der Waals surface area contributed by atoms with Crippen molar-refractivity contribution in [3.8, 4) is 11.8 Å². The summed E-state index contributed by atoms with van der Waals surface area (Å²) in [6.45, 7) is 4.23. The SMILES string of the molecule is COc1cc(OC)nc(SC(C=O)C(c2ccccc2)C(C)C)n1. The predicted octanol–water partition coefficient (Wildman–Crippen LogP) is 3.59. The molecule has 0 amide bonds. The zero-order valence-electron chi connectivity index (χ0n) is 14.3. The first kappa shape index (κ1) is 18.3. The first-order valence-electron chi connectivity index (χ1n) is 7.73. The molecule has 0 aliphatic heterocycles. The van der Waals surface area contributed by atoms with Crippen LogP contribution in [0.25, 0.3) is 0 Å². The minimum absolute atomic E-state index is 0.0643. The van der Waals surface area contributed by atoms with Crippen molar-refractivity contribution in [3.05, 3.63) is 42.0 Å². The second-order valence-corrected chi connectivity index (χ2v) is 6.78. The molecule has 0 aliphatic rings. The summed E-state index contributed by atoms with van der Waals surface area (Å²) >= 11 is 1.33. The van der Waals surface area contributed by atoms with Gasteiger partial charge in [0.15, 0.2) is 5.16 Å². The van der Waals surface area contributed by atoms with Crippen LogP contribution in [0.1, 0.15) is 25.3 Å². The Balaban J connectivity index is 2.32. The fraction of sp³-hybridized carbons (Fsp3) is 0.389. The summed E-state index contributed by atoms with van der Waals surface area (Å²) in [5.74, 6) is 1.18. The van der Waals surface area contributed by atoms with Gasteiger partial charge in [0.05, 0.1) is 25.5 Å². The van der Waals surface area contributed by atoms with Gasteiger partial charge in [-0.15, -0.1) is 0 Å². The molecule has 1 heterocycles. The molecule has 0 radical (unpaired) electrons. The molecular weight excluding hydrogens is 324 g/mol. The number of nitrogens with zero attached hydrogens (tertiary/aromatic N) is 2. The van der Waals surface area contributed by atoms with Crippen LogP contribution in [-0.2, 0) is 4.79 Å². The van der Waals surface area contributed by atoms with Crippen LogP contribution in [0.3, 0.4) is 0 Å². The Morgan fingerprint density at radius 3 is 2.08 bits per heavy atom. The number of benzene rings is 1. The van der Waals surface area contributed by atoms with Gasteiger partial charge in [0.2, 0.25) is 11.8 Å². The molecule has 128 valence electrons. The van der Waals surface area contributed by atoms with Gasteiger partial charge in [0, 0.05) is 5.92 Å². The van der Waals surface area contributed by atoms with E-state index in [1.54, 1.807) is 6.07 Å². The highest BCUT2D eigenvalue weighted by Gasteiger charge is 2.28. The zero-order chi connectivity index (χ0) is 17.5. The Labute approximate surface area is 146 Å². The first-order chi connectivity index (χ1) is 11.6. The van der Waals surface area contributed by atoms with Gasteiger partial charge in [-0.05, 0) is 11.5 Å². The van der Waals surface area contributed by atoms with Crippen molar-refractivity contribution in [1.29, 1.82) is 0 Å². The van der Waals surface area contributed by atoms with E-state index in [-0.39, 0.29) is 11.2 Å². The number of aldehydes is 1. The summed E-state index contributed by atoms with van der Waals surface area (Å²) < 4.78 is 10.3. The van der Waals surface area contributed by atoms with Crippen molar-refractivity contribution in [2.45, 2.75) is 30.2 Å². The molecule has 0 bridgehead atoms. The lowest BCUT2D eigenvalue weighted by atomic mass is 9.86. The van der Waals surface area contributed by atoms with E-state index in [1.807, 2.05) is 18.2 Å². The number of thioether (sulfide) groups is 1. The van der Waals surface area contributed by atoms with Crippen LogP contribution in [0.15, 0.2) is 41.6 Å². The first-order valence-corrected chi connectivity index (χ1v) is 8.61. The minimum atomic E-state index is -0.302. The summed E-state index contributed by atoms with van der Waals surface area (Å²) in [5.41, 5.74) is 1.13. The third kappa shape index (κ3) is 4.47. The molecule has 1 aromatic heterocycles. The minimum Gasteiger partial charge on any atom is -0.481 e. The maximum atomic E-state index is 11.8. The molecule has 24 heavy (non-hydrogen) atoms. The standard InChI is InChI=1S/C18H22N2O3S/c1-12(2)17(13-8-6-5-7-9-13)14(11-21)24-18-19-15(22-3)10-16(20-18)23-4/h5-12,14,17H,1-4H3. The molecule has 6 heteroatoms. The van der Waals surface area contributed by atoms with Gasteiger partial charge in [-0.3, -0.25) is 0 Å². The van der Waals surface area contributed by atoms with Gasteiger partial charge >= 0.3 is 0 Å². The van der Waals surface area contributed by atoms with Gasteiger partial charge in [0.25, 0.3) is 0 Å². The van der Waals surface area contributed by atoms with Crippen LogP contribution in [0.5, 0.6) is 11.8 Å². The molecule has 2 unspecified atom stereocenters. The smallest absolute Gasteiger partial charge is 0.220 e. The highest BCUT2D eigenvalue weighted by molar-refractivity contribution is 8.00. The lowest BCUT2D eigenvalue weighted by Crippen LogP contribution is -2.22. The average Bonchev–Trinajstić information content (AvgIpc) is 2.61. The number of hydrogen-bond donors (Lipinski definition) is 0. The van der Waals surface area contributed by atoms with E-state index in [0.717, 1.165) is 11.8 Å². The third-order valence-electron chi connectivity index (χ3n) is 3.71. The Bertz CT molecular complexity index is 642. The maximum absolute atomic E-state index is 11.8. The molecule has 0 saturated carbocycles. The van der Waals surface area contributed by atoms with Crippen molar-refractivity contribution in [1.82, 2.24) is 9.97 Å². The van der Waals surface area contributed by atoms with Gasteiger partial charge in [-0.1, -0.05) is 55.9 Å². The van der Waals surface area contributed by atoms with Gasteiger partial charge < -0.3 is 14.3 Å². The van der Waals surface area contributed by atoms with Crippen LogP contribution in [-0.4, -0.2) is 35.7 Å². The van der Waals surface area contributed by atoms with E-state index >= 15 is 0 Å². The fourth-order valence-electron chi connectivity index (χ4n) is 2.58. The normalized spacial score (nSPS) is 13.4. The molecule has 0 fully saturated rings. The largest absolute Gasteiger partial charge is 0.481 e. The molecule has 0 spiro atoms. The Morgan fingerprint density at radius 1 is 1.04 bits per heavy atom. The number of carbonyl (C=O) groups is 1. The van der Waals surface area contributed by atoms with E-state index in [4.69, 9.17) is 9.47 Å². The molecule has 2 aromatic rings. The van der Waals surface area contributed by atoms with Gasteiger partial charge in [0.1, 0.15) is 6.29 Å². The maximum Gasteiger partial charge on any atom is 0.220 e. The van der Waals surface area contributed by atoms with Crippen molar-refractivity contribution >= 4 is 18.0 Å². The van der Waals surface area contributed by atoms with Gasteiger partial charge in [-0.25, -0.2) is 0 Å². The molecular formula is C18H22N2O3S. The number of methoxy groups -OCH3 is 2. The summed E-state index contributed by atoms with van der Waals surface area (Å²) in [6, 6.07) is 11.7. The molecule has 2 atom stereocenters. The molecule has 0 N–H and O–H groups in total. The van der Waals surface area contributed by atoms with Crippen LogP contribution < -0.4 is 9.47 Å². The molecule has 0 saturated heterocycles. The van der Waals surface area contributed by atoms with Crippen molar-refractivity contribution in [2.24, 2.45) is 5.92 Å². The second-order valence-electron chi connectivity index (χ2n) is 5.63. The summed E-state index contributed by atoms with van der Waals surface area (Å²) in [4.78, 5) is 20.4. The van der Waals surface area contributed by atoms with E-state index in [1.165, 1.54) is 26.0 Å². The highest BCUT2D eigenvalue weighted by Crippen LogP contribution is 2.37. The van der Waals surface area contributed by atoms with Crippen LogP contribution in [0.4, 0.5) is 0 Å². The van der Waals surface area contributed by atoms with E-state index < -0.39 is 0 Å². The van der Waals surface area contributed by atoms with E-state index in [9.17, 15) is 4.79 Å². The predicted molar refractivity (Wildman–Crippen MR) is 94.9 cm³/mol. The molecule has 1 aromatic carbocycles. The number of carbonyl (C=O) groups excluding carboxylic acids is 1. The lowest BCUT2D eigenvalue weighted by molar-refractivity contribution is -0.107. The molecule has 5 nitrogen and oxygen atoms in total. The van der Waals surface area contributed by atoms with Crippen molar-refractivity contribution < 1.29 is 14.3 Å². The number of rotatable bonds is 8. The molecule has 2 rings (SSSR count). The Kier molecular flexibility index (Phi) is 6.61. The zero-order valence-corrected chi connectivity index (χ0v) is 15.1. The van der Waals surface area contributed by atoms with Crippen molar-refractivity contribution in [2.75, 3.05) is 14.2 Å². The van der Waals surface area contributed by atoms with Crippen LogP contribution >= 0.6 is 11.8 Å². The highest BCUT2D eigenvalue weighted by atomic mass is 32.2. The quantitative estimate of drug-likeness (QED) is 0.413. The van der Waals surface area contributed by atoms with Crippen LogP contribution in [0, 0.1) is 5.92 Å². The van der Waals surface area contributed by atoms with Crippen molar-refractivity contribution in [3.63, 3.8) is 0 Å². The summed E-state index contributed by atoms with van der Waals surface area (Å²) in [7, 11) is 3.07. The topological polar surface area (TPSA) is 61.3 Å². The number of aromatic nitrogens is 2. The molecule has 0 aliphatic carbocycles. The van der Waals surface area contributed by atoms with Crippen LogP contribution in [0.2, 0.25) is 0 Å². The average molecular weight is 346 g/mol. The van der Waals surface area contributed by atoms with E-state index in [2.05, 4.69) is 35.9 Å². The van der Waals surface area contributed by atoms with Gasteiger partial charge in [-0.2, -0.15) is 9.97 Å². The summed E-state index contributed by atoms with van der Waals surface area (Å²) in [5, 5.41) is 0.161. The Hall–Kier alpha value is -2.08. The summed E-state index contributed by atoms with van der Waals surface area (Å²) in [6.07, 6.45) is 0.970. The second kappa shape index (κ2) is 8.68. The number of hydrogen-bond acceptors (Lipinski definition) is 6.